The summed E-state index contributed by atoms with van der Waals surface area (Å²) in [5.41, 5.74) is 0.949. The molecule has 22 heavy (non-hydrogen) atoms. The van der Waals surface area contributed by atoms with Crippen LogP contribution in [0.4, 0.5) is 0 Å². The number of alkyl halides is 1. The largest absolute Gasteiger partial charge is 0.370 e. The van der Waals surface area contributed by atoms with Crippen molar-refractivity contribution in [1.29, 1.82) is 0 Å². The lowest BCUT2D eigenvalue weighted by molar-refractivity contribution is -0.116. The molecule has 0 bridgehead atoms. The minimum absolute atomic E-state index is 0.0463. The molecule has 6 fully saturated rings. The summed E-state index contributed by atoms with van der Waals surface area (Å²) in [4.78, 5) is 0. The van der Waals surface area contributed by atoms with E-state index in [1.165, 1.54) is 44.9 Å². The van der Waals surface area contributed by atoms with Crippen molar-refractivity contribution in [3.63, 3.8) is 0 Å². The van der Waals surface area contributed by atoms with Crippen LogP contribution in [0.15, 0.2) is 0 Å². The molecule has 0 N–H and O–H groups in total. The predicted octanol–water partition coefficient (Wildman–Crippen LogP) is 4.51. The van der Waals surface area contributed by atoms with Gasteiger partial charge in [-0.3, -0.25) is 0 Å². The normalized spacial score (nSPS) is 70.8. The molecule has 4 saturated carbocycles. The Morgan fingerprint density at radius 3 is 2.73 bits per heavy atom. The molecule has 3 heteroatoms. The topological polar surface area (TPSA) is 25.1 Å². The van der Waals surface area contributed by atoms with Gasteiger partial charge in [-0.15, -0.1) is 0 Å². The summed E-state index contributed by atoms with van der Waals surface area (Å²) in [5.74, 6) is 3.72. The van der Waals surface area contributed by atoms with Crippen LogP contribution in [0.2, 0.25) is 0 Å². The highest BCUT2D eigenvalue weighted by molar-refractivity contribution is 9.10. The Bertz CT molecular complexity index is 552. The fraction of sp³-hybridized carbons (Fsp3) is 1.00. The molecule has 6 rings (SSSR count). The van der Waals surface area contributed by atoms with Crippen molar-refractivity contribution in [2.45, 2.75) is 81.6 Å². The predicted molar refractivity (Wildman–Crippen MR) is 87.7 cm³/mol. The highest BCUT2D eigenvalue weighted by Crippen LogP contribution is 2.75. The second-order valence-electron chi connectivity index (χ2n) is 9.75. The molecule has 0 aromatic rings. The van der Waals surface area contributed by atoms with Crippen LogP contribution in [0.5, 0.6) is 0 Å². The van der Waals surface area contributed by atoms with Crippen LogP contribution in [-0.4, -0.2) is 22.8 Å². The summed E-state index contributed by atoms with van der Waals surface area (Å²) in [6.07, 6.45) is 11.5. The highest BCUT2D eigenvalue weighted by Gasteiger charge is 2.76. The standard InChI is InChI=1S/C19H27BrO2/c1-17-9-15-14(21-15)7-10(17)3-4-11-12(17)5-6-18(2)13(11)8-16-19(18,20)22-16/h10-16H,3-9H2,1-2H3/t10?,11-,12+,13+,14+,15-,16-,17+,18+,19-/m1/s1. The summed E-state index contributed by atoms with van der Waals surface area (Å²) in [6.45, 7) is 5.15. The lowest BCUT2D eigenvalue weighted by Crippen LogP contribution is -2.54. The fourth-order valence-corrected chi connectivity index (χ4v) is 8.71. The van der Waals surface area contributed by atoms with E-state index in [0.29, 0.717) is 29.1 Å². The van der Waals surface area contributed by atoms with E-state index < -0.39 is 0 Å². The van der Waals surface area contributed by atoms with Crippen LogP contribution in [0, 0.1) is 34.5 Å². The zero-order valence-corrected chi connectivity index (χ0v) is 15.3. The van der Waals surface area contributed by atoms with Crippen LogP contribution in [0.3, 0.4) is 0 Å². The van der Waals surface area contributed by atoms with Crippen LogP contribution >= 0.6 is 15.9 Å². The van der Waals surface area contributed by atoms with Crippen molar-refractivity contribution in [1.82, 2.24) is 0 Å². The van der Waals surface area contributed by atoms with Crippen LogP contribution in [0.1, 0.15) is 58.8 Å². The first-order chi connectivity index (χ1) is 10.5. The maximum absolute atomic E-state index is 6.04. The number of hydrogen-bond acceptors (Lipinski definition) is 2. The summed E-state index contributed by atoms with van der Waals surface area (Å²) >= 11 is 3.99. The van der Waals surface area contributed by atoms with E-state index in [4.69, 9.17) is 9.47 Å². The van der Waals surface area contributed by atoms with Crippen molar-refractivity contribution in [3.05, 3.63) is 0 Å². The zero-order valence-electron chi connectivity index (χ0n) is 13.7. The molecule has 2 nitrogen and oxygen atoms in total. The van der Waals surface area contributed by atoms with E-state index in [2.05, 4.69) is 29.8 Å². The molecule has 4 aliphatic carbocycles. The Kier molecular flexibility index (Phi) is 2.36. The first kappa shape index (κ1) is 13.7. The number of fused-ring (bicyclic) bond motifs is 8. The Balaban J connectivity index is 1.36. The minimum atomic E-state index is 0.0463. The van der Waals surface area contributed by atoms with Gasteiger partial charge in [0.2, 0.25) is 0 Å². The second kappa shape index (κ2) is 3.80. The Morgan fingerprint density at radius 2 is 1.86 bits per heavy atom. The summed E-state index contributed by atoms with van der Waals surface area (Å²) in [7, 11) is 0. The minimum Gasteiger partial charge on any atom is -0.370 e. The van der Waals surface area contributed by atoms with Gasteiger partial charge in [0, 0.05) is 5.41 Å². The third-order valence-corrected chi connectivity index (χ3v) is 10.8. The molecule has 0 spiro atoms. The molecule has 0 aromatic heterocycles. The van der Waals surface area contributed by atoms with Gasteiger partial charge in [-0.25, -0.2) is 0 Å². The first-order valence-electron chi connectivity index (χ1n) is 9.48. The van der Waals surface area contributed by atoms with E-state index >= 15 is 0 Å². The summed E-state index contributed by atoms with van der Waals surface area (Å²) < 4.78 is 12.0. The van der Waals surface area contributed by atoms with Gasteiger partial charge in [0.1, 0.15) is 0 Å². The molecule has 2 heterocycles. The van der Waals surface area contributed by atoms with Gasteiger partial charge >= 0.3 is 0 Å². The van der Waals surface area contributed by atoms with Crippen LogP contribution in [0.25, 0.3) is 0 Å². The van der Waals surface area contributed by atoms with Gasteiger partial charge in [-0.2, -0.15) is 0 Å². The third kappa shape index (κ3) is 1.39. The number of halogens is 1. The first-order valence-corrected chi connectivity index (χ1v) is 10.3. The van der Waals surface area contributed by atoms with Crippen molar-refractivity contribution in [2.24, 2.45) is 34.5 Å². The number of epoxide rings is 2. The van der Waals surface area contributed by atoms with E-state index in [-0.39, 0.29) is 4.51 Å². The van der Waals surface area contributed by atoms with E-state index in [0.717, 1.165) is 23.7 Å². The summed E-state index contributed by atoms with van der Waals surface area (Å²) in [6, 6.07) is 0. The third-order valence-electron chi connectivity index (χ3n) is 9.22. The molecule has 0 aromatic carbocycles. The lowest BCUT2D eigenvalue weighted by atomic mass is 9.45. The molecule has 1 unspecified atom stereocenters. The van der Waals surface area contributed by atoms with Gasteiger partial charge in [0.05, 0.1) is 18.3 Å². The molecule has 6 aliphatic rings. The van der Waals surface area contributed by atoms with Gasteiger partial charge in [0.25, 0.3) is 0 Å². The maximum Gasteiger partial charge on any atom is 0.154 e. The molecule has 0 amide bonds. The Morgan fingerprint density at radius 1 is 1.00 bits per heavy atom. The smallest absolute Gasteiger partial charge is 0.154 e. The highest BCUT2D eigenvalue weighted by atomic mass is 79.9. The Hall–Kier alpha value is 0.400. The molecular formula is C19H27BrO2. The molecule has 2 saturated heterocycles. The lowest BCUT2D eigenvalue weighted by Gasteiger charge is -2.60. The molecule has 10 atom stereocenters. The van der Waals surface area contributed by atoms with Crippen molar-refractivity contribution >= 4 is 15.9 Å². The quantitative estimate of drug-likeness (QED) is 0.465. The van der Waals surface area contributed by atoms with Gasteiger partial charge in [-0.1, -0.05) is 29.8 Å². The van der Waals surface area contributed by atoms with Crippen molar-refractivity contribution < 1.29 is 9.47 Å². The maximum atomic E-state index is 6.04. The zero-order chi connectivity index (χ0) is 14.9. The molecule has 2 aliphatic heterocycles. The van der Waals surface area contributed by atoms with Gasteiger partial charge in [0.15, 0.2) is 4.51 Å². The van der Waals surface area contributed by atoms with Gasteiger partial charge < -0.3 is 9.47 Å². The van der Waals surface area contributed by atoms with Crippen LogP contribution in [-0.2, 0) is 9.47 Å². The number of hydrogen-bond donors (Lipinski definition) is 0. The number of ether oxygens (including phenoxy) is 2. The SMILES string of the molecule is C[C@]12C[C@H]3O[C@H]3CC1CC[C@@H]1[C@@H]2CC[C@@]2(C)[C@H]1C[C@H]1O[C@]12Br. The van der Waals surface area contributed by atoms with Gasteiger partial charge in [-0.05, 0) is 74.0 Å². The second-order valence-corrected chi connectivity index (χ2v) is 10.9. The van der Waals surface area contributed by atoms with Crippen LogP contribution < -0.4 is 0 Å². The van der Waals surface area contributed by atoms with E-state index in [1.54, 1.807) is 0 Å². The number of rotatable bonds is 0. The average molecular weight is 367 g/mol. The Labute approximate surface area is 141 Å². The van der Waals surface area contributed by atoms with E-state index in [1.807, 2.05) is 0 Å². The molecular weight excluding hydrogens is 340 g/mol. The fourth-order valence-electron chi connectivity index (χ4n) is 7.80. The molecule has 0 radical (unpaired) electrons. The van der Waals surface area contributed by atoms with Crippen molar-refractivity contribution in [3.8, 4) is 0 Å². The monoisotopic (exact) mass is 366 g/mol. The van der Waals surface area contributed by atoms with Crippen molar-refractivity contribution in [2.75, 3.05) is 0 Å². The average Bonchev–Trinajstić information content (AvgIpc) is 3.34. The molecule has 122 valence electrons. The summed E-state index contributed by atoms with van der Waals surface area (Å²) in [5, 5.41) is 0. The van der Waals surface area contributed by atoms with E-state index in [9.17, 15) is 0 Å².